The van der Waals surface area contributed by atoms with E-state index in [0.717, 1.165) is 22.0 Å². The van der Waals surface area contributed by atoms with Crippen molar-refractivity contribution in [1.29, 1.82) is 0 Å². The number of benzene rings is 1. The molecule has 0 fully saturated rings. The Balaban J connectivity index is 3.03. The van der Waals surface area contributed by atoms with Crippen LogP contribution in [0.1, 0.15) is 29.3 Å². The molecule has 0 radical (unpaired) electrons. The summed E-state index contributed by atoms with van der Waals surface area (Å²) in [5.74, 6) is 0.507. The molecule has 14 heavy (non-hydrogen) atoms. The average Bonchev–Trinajstić information content (AvgIpc) is 2.18. The summed E-state index contributed by atoms with van der Waals surface area (Å²) >= 11 is 8.91. The quantitative estimate of drug-likeness (QED) is 0.603. The number of Topliss-reactive ketones (excluding diaryl/α,β-unsaturated/α-hetero) is 1. The van der Waals surface area contributed by atoms with E-state index in [4.69, 9.17) is 11.6 Å². The van der Waals surface area contributed by atoms with Gasteiger partial charge in [0, 0.05) is 22.3 Å². The summed E-state index contributed by atoms with van der Waals surface area (Å²) in [7, 11) is 0. The molecule has 0 atom stereocenters. The van der Waals surface area contributed by atoms with Gasteiger partial charge in [0.05, 0.1) is 0 Å². The molecule has 0 saturated heterocycles. The number of ketones is 1. The highest BCUT2D eigenvalue weighted by atomic mass is 79.9. The van der Waals surface area contributed by atoms with Gasteiger partial charge in [-0.05, 0) is 24.1 Å². The van der Waals surface area contributed by atoms with Gasteiger partial charge in [0.2, 0.25) is 0 Å². The predicted octanol–water partition coefficient (Wildman–Crippen LogP) is 3.82. The van der Waals surface area contributed by atoms with Crippen LogP contribution in [-0.2, 0) is 6.42 Å². The summed E-state index contributed by atoms with van der Waals surface area (Å²) in [6.07, 6.45) is 1.28. The molecule has 1 aromatic carbocycles. The van der Waals surface area contributed by atoms with Crippen molar-refractivity contribution in [1.82, 2.24) is 0 Å². The lowest BCUT2D eigenvalue weighted by molar-refractivity contribution is 0.0988. The number of carbonyl (C=O) groups is 1. The number of alkyl halides is 1. The standard InChI is InChI=1S/C11H12BrClO/c1-2-8-3-4-9(12)7-10(8)11(14)5-6-13/h3-4,7H,2,5-6H2,1H3. The Morgan fingerprint density at radius 2 is 2.21 bits per heavy atom. The largest absolute Gasteiger partial charge is 0.294 e. The summed E-state index contributed by atoms with van der Waals surface area (Å²) in [6, 6.07) is 5.80. The van der Waals surface area contributed by atoms with Gasteiger partial charge in [-0.3, -0.25) is 4.79 Å². The maximum Gasteiger partial charge on any atom is 0.164 e. The molecule has 0 spiro atoms. The van der Waals surface area contributed by atoms with Crippen LogP contribution in [0, 0.1) is 0 Å². The minimum absolute atomic E-state index is 0.123. The Kier molecular flexibility index (Phi) is 4.63. The molecule has 0 aliphatic heterocycles. The Hall–Kier alpha value is -0.340. The maximum atomic E-state index is 11.7. The normalized spacial score (nSPS) is 10.2. The van der Waals surface area contributed by atoms with Gasteiger partial charge in [-0.1, -0.05) is 28.9 Å². The van der Waals surface area contributed by atoms with Gasteiger partial charge in [-0.15, -0.1) is 11.6 Å². The van der Waals surface area contributed by atoms with E-state index in [1.165, 1.54) is 0 Å². The molecule has 1 rings (SSSR count). The zero-order chi connectivity index (χ0) is 10.6. The molecule has 3 heteroatoms. The topological polar surface area (TPSA) is 17.1 Å². The SMILES string of the molecule is CCc1ccc(Br)cc1C(=O)CCCl. The molecular formula is C11H12BrClO. The van der Waals surface area contributed by atoms with Crippen molar-refractivity contribution in [3.05, 3.63) is 33.8 Å². The summed E-state index contributed by atoms with van der Waals surface area (Å²) < 4.78 is 0.938. The highest BCUT2D eigenvalue weighted by Crippen LogP contribution is 2.18. The van der Waals surface area contributed by atoms with Gasteiger partial charge < -0.3 is 0 Å². The van der Waals surface area contributed by atoms with E-state index in [9.17, 15) is 4.79 Å². The van der Waals surface area contributed by atoms with E-state index in [1.807, 2.05) is 25.1 Å². The molecular weight excluding hydrogens is 263 g/mol. The molecule has 0 unspecified atom stereocenters. The Labute approximate surface area is 97.6 Å². The van der Waals surface area contributed by atoms with Crippen LogP contribution in [0.5, 0.6) is 0 Å². The van der Waals surface area contributed by atoms with Crippen LogP contribution >= 0.6 is 27.5 Å². The van der Waals surface area contributed by atoms with Gasteiger partial charge in [0.25, 0.3) is 0 Å². The van der Waals surface area contributed by atoms with Crippen molar-refractivity contribution in [2.45, 2.75) is 19.8 Å². The smallest absolute Gasteiger partial charge is 0.164 e. The van der Waals surface area contributed by atoms with E-state index in [-0.39, 0.29) is 5.78 Å². The summed E-state index contributed by atoms with van der Waals surface area (Å²) in [4.78, 5) is 11.7. The van der Waals surface area contributed by atoms with E-state index < -0.39 is 0 Å². The zero-order valence-electron chi connectivity index (χ0n) is 8.02. The second-order valence-electron chi connectivity index (χ2n) is 3.02. The minimum Gasteiger partial charge on any atom is -0.294 e. The molecule has 0 aliphatic carbocycles. The number of hydrogen-bond acceptors (Lipinski definition) is 1. The zero-order valence-corrected chi connectivity index (χ0v) is 10.4. The molecule has 1 aromatic rings. The van der Waals surface area contributed by atoms with Gasteiger partial charge in [-0.2, -0.15) is 0 Å². The van der Waals surface area contributed by atoms with Crippen LogP contribution in [0.4, 0.5) is 0 Å². The second kappa shape index (κ2) is 5.52. The Morgan fingerprint density at radius 1 is 1.50 bits per heavy atom. The summed E-state index contributed by atoms with van der Waals surface area (Å²) in [5, 5.41) is 0. The lowest BCUT2D eigenvalue weighted by atomic mass is 10.0. The number of halogens is 2. The van der Waals surface area contributed by atoms with Crippen LogP contribution in [0.2, 0.25) is 0 Å². The molecule has 0 aliphatic rings. The van der Waals surface area contributed by atoms with Gasteiger partial charge >= 0.3 is 0 Å². The Morgan fingerprint density at radius 3 is 2.79 bits per heavy atom. The van der Waals surface area contributed by atoms with E-state index in [1.54, 1.807) is 0 Å². The monoisotopic (exact) mass is 274 g/mol. The van der Waals surface area contributed by atoms with Crippen LogP contribution in [0.15, 0.2) is 22.7 Å². The predicted molar refractivity (Wildman–Crippen MR) is 63.2 cm³/mol. The van der Waals surface area contributed by atoms with Crippen molar-refractivity contribution in [2.24, 2.45) is 0 Å². The number of aryl methyl sites for hydroxylation is 1. The van der Waals surface area contributed by atoms with Crippen LogP contribution in [0.25, 0.3) is 0 Å². The van der Waals surface area contributed by atoms with Gasteiger partial charge in [0.15, 0.2) is 5.78 Å². The van der Waals surface area contributed by atoms with E-state index >= 15 is 0 Å². The first-order chi connectivity index (χ1) is 6.69. The van der Waals surface area contributed by atoms with Crippen LogP contribution < -0.4 is 0 Å². The number of rotatable bonds is 4. The Bertz CT molecular complexity index is 336. The van der Waals surface area contributed by atoms with E-state index in [0.29, 0.717) is 12.3 Å². The molecule has 1 nitrogen and oxygen atoms in total. The highest BCUT2D eigenvalue weighted by molar-refractivity contribution is 9.10. The van der Waals surface area contributed by atoms with E-state index in [2.05, 4.69) is 15.9 Å². The first-order valence-electron chi connectivity index (χ1n) is 4.56. The lowest BCUT2D eigenvalue weighted by Crippen LogP contribution is -2.03. The minimum atomic E-state index is 0.123. The van der Waals surface area contributed by atoms with Crippen molar-refractivity contribution in [3.63, 3.8) is 0 Å². The number of carbonyl (C=O) groups excluding carboxylic acids is 1. The van der Waals surface area contributed by atoms with Gasteiger partial charge in [0.1, 0.15) is 0 Å². The fourth-order valence-electron chi connectivity index (χ4n) is 1.34. The third-order valence-corrected chi connectivity index (χ3v) is 2.76. The van der Waals surface area contributed by atoms with Gasteiger partial charge in [-0.25, -0.2) is 0 Å². The number of hydrogen-bond donors (Lipinski definition) is 0. The first kappa shape index (κ1) is 11.7. The highest BCUT2D eigenvalue weighted by Gasteiger charge is 2.09. The maximum absolute atomic E-state index is 11.7. The summed E-state index contributed by atoms with van der Waals surface area (Å²) in [6.45, 7) is 2.04. The molecule has 0 N–H and O–H groups in total. The molecule has 0 heterocycles. The van der Waals surface area contributed by atoms with Crippen LogP contribution in [0.3, 0.4) is 0 Å². The lowest BCUT2D eigenvalue weighted by Gasteiger charge is -2.06. The van der Waals surface area contributed by atoms with Crippen molar-refractivity contribution in [2.75, 3.05) is 5.88 Å². The van der Waals surface area contributed by atoms with Crippen molar-refractivity contribution in [3.8, 4) is 0 Å². The fraction of sp³-hybridized carbons (Fsp3) is 0.364. The fourth-order valence-corrected chi connectivity index (χ4v) is 1.87. The molecule has 76 valence electrons. The first-order valence-corrected chi connectivity index (χ1v) is 5.89. The molecule has 0 aromatic heterocycles. The third-order valence-electron chi connectivity index (χ3n) is 2.07. The van der Waals surface area contributed by atoms with Crippen molar-refractivity contribution < 1.29 is 4.79 Å². The second-order valence-corrected chi connectivity index (χ2v) is 4.31. The third kappa shape index (κ3) is 2.82. The summed E-state index contributed by atoms with van der Waals surface area (Å²) in [5.41, 5.74) is 1.88. The van der Waals surface area contributed by atoms with Crippen molar-refractivity contribution >= 4 is 33.3 Å². The molecule has 0 saturated carbocycles. The molecule has 0 amide bonds. The molecule has 0 bridgehead atoms. The van der Waals surface area contributed by atoms with Crippen LogP contribution in [-0.4, -0.2) is 11.7 Å². The average molecular weight is 276 g/mol.